The fraction of sp³-hybridized carbons (Fsp3) is 0.250. The highest BCUT2D eigenvalue weighted by Gasteiger charge is 2.21. The lowest BCUT2D eigenvalue weighted by Gasteiger charge is -2.12. The Morgan fingerprint density at radius 2 is 2.15 bits per heavy atom. The first-order valence-electron chi connectivity index (χ1n) is 6.58. The minimum absolute atomic E-state index is 0.578. The molecule has 2 aromatic rings. The average Bonchev–Trinajstić information content (AvgIpc) is 2.89. The topological polar surface area (TPSA) is 21.3 Å². The molecule has 1 aliphatic rings. The molecule has 20 heavy (non-hydrogen) atoms. The number of rotatable bonds is 4. The summed E-state index contributed by atoms with van der Waals surface area (Å²) in [6.45, 7) is 0.935. The Balaban J connectivity index is 1.61. The van der Waals surface area contributed by atoms with Crippen molar-refractivity contribution < 1.29 is 4.74 Å². The fourth-order valence-electron chi connectivity index (χ4n) is 2.37. The minimum atomic E-state index is 0.578. The fourth-order valence-corrected chi connectivity index (χ4v) is 3.81. The van der Waals surface area contributed by atoms with Gasteiger partial charge in [-0.1, -0.05) is 29.8 Å². The van der Waals surface area contributed by atoms with Crippen LogP contribution in [0.3, 0.4) is 0 Å². The van der Waals surface area contributed by atoms with Crippen LogP contribution in [0, 0.1) is 0 Å². The van der Waals surface area contributed by atoms with Crippen molar-refractivity contribution in [3.8, 4) is 5.75 Å². The molecular weight excluding hydrogens is 290 g/mol. The molecule has 2 aromatic carbocycles. The van der Waals surface area contributed by atoms with Crippen molar-refractivity contribution in [3.05, 3.63) is 53.1 Å². The molecule has 0 saturated heterocycles. The van der Waals surface area contributed by atoms with Gasteiger partial charge < -0.3 is 10.1 Å². The highest BCUT2D eigenvalue weighted by Crippen LogP contribution is 2.37. The molecule has 1 atom stereocenters. The number of nitrogens with one attached hydrogen (secondary N) is 1. The summed E-state index contributed by atoms with van der Waals surface area (Å²) in [5.74, 6) is 0.707. The summed E-state index contributed by atoms with van der Waals surface area (Å²) in [5, 5.41) is 4.68. The van der Waals surface area contributed by atoms with Crippen molar-refractivity contribution in [1.29, 1.82) is 0 Å². The number of hydrogen-bond acceptors (Lipinski definition) is 3. The Bertz CT molecular complexity index is 592. The lowest BCUT2D eigenvalue weighted by molar-refractivity contribution is 0.415. The quantitative estimate of drug-likeness (QED) is 0.900. The Morgan fingerprint density at radius 1 is 1.30 bits per heavy atom. The van der Waals surface area contributed by atoms with Gasteiger partial charge in [0.05, 0.1) is 12.1 Å². The molecule has 0 saturated carbocycles. The van der Waals surface area contributed by atoms with E-state index in [-0.39, 0.29) is 0 Å². The molecule has 1 unspecified atom stereocenters. The first-order valence-corrected chi connectivity index (χ1v) is 7.84. The Labute approximate surface area is 128 Å². The summed E-state index contributed by atoms with van der Waals surface area (Å²) in [4.78, 5) is 1.41. The molecule has 1 heterocycles. The predicted octanol–water partition coefficient (Wildman–Crippen LogP) is 4.48. The second kappa shape index (κ2) is 5.98. The highest BCUT2D eigenvalue weighted by atomic mass is 35.5. The van der Waals surface area contributed by atoms with Crippen LogP contribution in [0.5, 0.6) is 5.75 Å². The van der Waals surface area contributed by atoms with E-state index in [0.29, 0.717) is 16.0 Å². The van der Waals surface area contributed by atoms with Gasteiger partial charge in [0.15, 0.2) is 0 Å². The SMILES string of the molecule is COc1cc(NCC2Cc3ccccc3S2)ccc1Cl. The Morgan fingerprint density at radius 3 is 2.95 bits per heavy atom. The van der Waals surface area contributed by atoms with E-state index in [0.717, 1.165) is 18.7 Å². The lowest BCUT2D eigenvalue weighted by atomic mass is 10.1. The van der Waals surface area contributed by atoms with Gasteiger partial charge >= 0.3 is 0 Å². The monoisotopic (exact) mass is 305 g/mol. The summed E-state index contributed by atoms with van der Waals surface area (Å²) in [5.41, 5.74) is 2.50. The van der Waals surface area contributed by atoms with Crippen molar-refractivity contribution in [2.24, 2.45) is 0 Å². The number of halogens is 1. The van der Waals surface area contributed by atoms with Gasteiger partial charge in [0.25, 0.3) is 0 Å². The van der Waals surface area contributed by atoms with Crippen LogP contribution in [0.4, 0.5) is 5.69 Å². The van der Waals surface area contributed by atoms with Crippen LogP contribution >= 0.6 is 23.4 Å². The van der Waals surface area contributed by atoms with Gasteiger partial charge in [-0.2, -0.15) is 0 Å². The van der Waals surface area contributed by atoms with E-state index in [2.05, 4.69) is 29.6 Å². The van der Waals surface area contributed by atoms with Crippen molar-refractivity contribution in [2.75, 3.05) is 19.0 Å². The number of ether oxygens (including phenoxy) is 1. The smallest absolute Gasteiger partial charge is 0.139 e. The van der Waals surface area contributed by atoms with Gasteiger partial charge in [-0.05, 0) is 30.2 Å². The van der Waals surface area contributed by atoms with Crippen LogP contribution in [0.2, 0.25) is 5.02 Å². The van der Waals surface area contributed by atoms with E-state index < -0.39 is 0 Å². The van der Waals surface area contributed by atoms with Crippen molar-refractivity contribution in [1.82, 2.24) is 0 Å². The summed E-state index contributed by atoms with van der Waals surface area (Å²) in [6, 6.07) is 14.4. The predicted molar refractivity (Wildman–Crippen MR) is 86.3 cm³/mol. The molecule has 0 spiro atoms. The van der Waals surface area contributed by atoms with Crippen LogP contribution in [0.15, 0.2) is 47.4 Å². The largest absolute Gasteiger partial charge is 0.495 e. The summed E-state index contributed by atoms with van der Waals surface area (Å²) >= 11 is 7.98. The van der Waals surface area contributed by atoms with Crippen LogP contribution in [0.1, 0.15) is 5.56 Å². The van der Waals surface area contributed by atoms with Crippen molar-refractivity contribution >= 4 is 29.1 Å². The standard InChI is InChI=1S/C16H16ClNOS/c1-19-15-9-12(6-7-14(15)17)18-10-13-8-11-4-2-3-5-16(11)20-13/h2-7,9,13,18H,8,10H2,1H3. The zero-order valence-electron chi connectivity index (χ0n) is 11.2. The zero-order chi connectivity index (χ0) is 13.9. The van der Waals surface area contributed by atoms with E-state index >= 15 is 0 Å². The molecule has 0 radical (unpaired) electrons. The summed E-state index contributed by atoms with van der Waals surface area (Å²) in [7, 11) is 1.63. The van der Waals surface area contributed by atoms with Gasteiger partial charge in [-0.15, -0.1) is 11.8 Å². The third kappa shape index (κ3) is 2.89. The minimum Gasteiger partial charge on any atom is -0.495 e. The normalized spacial score (nSPS) is 16.8. The molecule has 0 aliphatic carbocycles. The Hall–Kier alpha value is -1.32. The van der Waals surface area contributed by atoms with Crippen LogP contribution < -0.4 is 10.1 Å². The molecular formula is C16H16ClNOS. The van der Waals surface area contributed by atoms with E-state index in [9.17, 15) is 0 Å². The van der Waals surface area contributed by atoms with Crippen molar-refractivity contribution in [2.45, 2.75) is 16.6 Å². The molecule has 0 fully saturated rings. The van der Waals surface area contributed by atoms with Gasteiger partial charge in [-0.25, -0.2) is 0 Å². The molecule has 3 rings (SSSR count). The molecule has 1 aliphatic heterocycles. The zero-order valence-corrected chi connectivity index (χ0v) is 12.8. The molecule has 1 N–H and O–H groups in total. The van der Waals surface area contributed by atoms with Gasteiger partial charge in [-0.3, -0.25) is 0 Å². The lowest BCUT2D eigenvalue weighted by Crippen LogP contribution is -2.15. The molecule has 2 nitrogen and oxygen atoms in total. The van der Waals surface area contributed by atoms with E-state index in [1.165, 1.54) is 10.5 Å². The van der Waals surface area contributed by atoms with Crippen LogP contribution in [-0.2, 0) is 6.42 Å². The molecule has 0 aromatic heterocycles. The van der Waals surface area contributed by atoms with Gasteiger partial charge in [0.1, 0.15) is 5.75 Å². The second-order valence-corrected chi connectivity index (χ2v) is 6.53. The number of benzene rings is 2. The van der Waals surface area contributed by atoms with E-state index in [1.54, 1.807) is 7.11 Å². The van der Waals surface area contributed by atoms with Crippen LogP contribution in [0.25, 0.3) is 0 Å². The maximum absolute atomic E-state index is 6.03. The van der Waals surface area contributed by atoms with Gasteiger partial charge in [0.2, 0.25) is 0 Å². The maximum Gasteiger partial charge on any atom is 0.139 e. The van der Waals surface area contributed by atoms with E-state index in [4.69, 9.17) is 16.3 Å². The highest BCUT2D eigenvalue weighted by molar-refractivity contribution is 8.00. The third-order valence-electron chi connectivity index (χ3n) is 3.40. The number of thioether (sulfide) groups is 1. The van der Waals surface area contributed by atoms with Gasteiger partial charge in [0, 0.05) is 28.4 Å². The second-order valence-electron chi connectivity index (χ2n) is 4.78. The number of anilines is 1. The van der Waals surface area contributed by atoms with E-state index in [1.807, 2.05) is 30.0 Å². The van der Waals surface area contributed by atoms with Crippen LogP contribution in [-0.4, -0.2) is 18.9 Å². The third-order valence-corrected chi connectivity index (χ3v) is 5.03. The van der Waals surface area contributed by atoms with Crippen molar-refractivity contribution in [3.63, 3.8) is 0 Å². The number of hydrogen-bond donors (Lipinski definition) is 1. The molecule has 0 amide bonds. The molecule has 0 bridgehead atoms. The first kappa shape index (κ1) is 13.7. The first-order chi connectivity index (χ1) is 9.76. The number of methoxy groups -OCH3 is 1. The molecule has 4 heteroatoms. The average molecular weight is 306 g/mol. The Kier molecular flexibility index (Phi) is 4.08. The maximum atomic E-state index is 6.03. The summed E-state index contributed by atoms with van der Waals surface area (Å²) in [6.07, 6.45) is 1.12. The summed E-state index contributed by atoms with van der Waals surface area (Å²) < 4.78 is 5.23. The molecule has 104 valence electrons. The number of fused-ring (bicyclic) bond motifs is 1.